The van der Waals surface area contributed by atoms with Crippen LogP contribution in [0.1, 0.15) is 33.0 Å². The largest absolute Gasteiger partial charge is 0.359 e. The summed E-state index contributed by atoms with van der Waals surface area (Å²) < 4.78 is 5.28. The third-order valence-electron chi connectivity index (χ3n) is 4.38. The van der Waals surface area contributed by atoms with Gasteiger partial charge in [0.05, 0.1) is 5.92 Å². The Kier molecular flexibility index (Phi) is 5.09. The second-order valence-corrected chi connectivity index (χ2v) is 8.30. The Hall–Kier alpha value is -2.28. The maximum absolute atomic E-state index is 12.5. The van der Waals surface area contributed by atoms with E-state index in [1.54, 1.807) is 22.7 Å². The highest BCUT2D eigenvalue weighted by Gasteiger charge is 2.35. The van der Waals surface area contributed by atoms with Crippen LogP contribution in [0.5, 0.6) is 0 Å². The first-order chi connectivity index (χ1) is 12.3. The predicted octanol–water partition coefficient (Wildman–Crippen LogP) is 3.69. The van der Waals surface area contributed by atoms with Gasteiger partial charge in [-0.15, -0.1) is 11.8 Å². The van der Waals surface area contributed by atoms with Gasteiger partial charge in [-0.1, -0.05) is 25.9 Å². The first-order valence-corrected chi connectivity index (χ1v) is 9.73. The van der Waals surface area contributed by atoms with Gasteiger partial charge in [0, 0.05) is 35.0 Å². The summed E-state index contributed by atoms with van der Waals surface area (Å²) >= 11 is 1.65. The molecular weight excluding hydrogens is 350 g/mol. The molecule has 1 atom stereocenters. The maximum Gasteiger partial charge on any atom is 0.231 e. The molecule has 0 spiro atoms. The van der Waals surface area contributed by atoms with E-state index in [0.717, 1.165) is 10.6 Å². The van der Waals surface area contributed by atoms with Crippen LogP contribution >= 0.6 is 11.8 Å². The van der Waals surface area contributed by atoms with E-state index in [1.807, 2.05) is 51.3 Å². The minimum atomic E-state index is -0.405. The highest BCUT2D eigenvalue weighted by molar-refractivity contribution is 7.98. The average Bonchev–Trinajstić information content (AvgIpc) is 3.21. The SMILES string of the molecule is CSc1ccc(N2CC(C(=O)Nc3cc(C(C)(C)C)on3)CC2=O)cc1. The summed E-state index contributed by atoms with van der Waals surface area (Å²) in [5, 5.41) is 6.66. The predicted molar refractivity (Wildman–Crippen MR) is 103 cm³/mol. The quantitative estimate of drug-likeness (QED) is 0.828. The Morgan fingerprint density at radius 1 is 1.31 bits per heavy atom. The Balaban J connectivity index is 1.65. The van der Waals surface area contributed by atoms with Gasteiger partial charge in [-0.05, 0) is 30.5 Å². The number of amides is 2. The first kappa shape index (κ1) is 18.5. The lowest BCUT2D eigenvalue weighted by atomic mass is 9.93. The Bertz CT molecular complexity index is 808. The Morgan fingerprint density at radius 2 is 2.00 bits per heavy atom. The lowest BCUT2D eigenvalue weighted by Gasteiger charge is -2.16. The number of benzene rings is 1. The van der Waals surface area contributed by atoms with Crippen molar-refractivity contribution in [3.05, 3.63) is 36.1 Å². The Morgan fingerprint density at radius 3 is 2.58 bits per heavy atom. The summed E-state index contributed by atoms with van der Waals surface area (Å²) in [6, 6.07) is 9.51. The van der Waals surface area contributed by atoms with Crippen LogP contribution in [0.25, 0.3) is 0 Å². The molecule has 0 bridgehead atoms. The van der Waals surface area contributed by atoms with Gasteiger partial charge in [0.15, 0.2) is 5.82 Å². The summed E-state index contributed by atoms with van der Waals surface area (Å²) in [4.78, 5) is 27.7. The van der Waals surface area contributed by atoms with Crippen molar-refractivity contribution in [1.29, 1.82) is 0 Å². The molecule has 1 N–H and O–H groups in total. The summed E-state index contributed by atoms with van der Waals surface area (Å²) in [5.41, 5.74) is 0.638. The van der Waals surface area contributed by atoms with E-state index in [9.17, 15) is 9.59 Å². The van der Waals surface area contributed by atoms with Crippen molar-refractivity contribution in [2.45, 2.75) is 37.5 Å². The van der Waals surface area contributed by atoms with Crippen LogP contribution in [0.3, 0.4) is 0 Å². The number of hydrogen-bond acceptors (Lipinski definition) is 5. The smallest absolute Gasteiger partial charge is 0.231 e. The second kappa shape index (κ2) is 7.15. The zero-order valence-electron chi connectivity index (χ0n) is 15.4. The standard InChI is InChI=1S/C19H23N3O3S/c1-19(2,3)15-10-16(21-25-15)20-18(24)12-9-17(23)22(11-12)13-5-7-14(26-4)8-6-13/h5-8,10,12H,9,11H2,1-4H3,(H,20,21,24). The molecule has 26 heavy (non-hydrogen) atoms. The number of anilines is 2. The maximum atomic E-state index is 12.5. The van der Waals surface area contributed by atoms with E-state index in [0.29, 0.717) is 18.1 Å². The average molecular weight is 373 g/mol. The molecule has 0 aliphatic carbocycles. The summed E-state index contributed by atoms with van der Waals surface area (Å²) in [6.07, 6.45) is 2.20. The van der Waals surface area contributed by atoms with Crippen LogP contribution in [-0.4, -0.2) is 29.8 Å². The molecule has 7 heteroatoms. The topological polar surface area (TPSA) is 75.4 Å². The monoisotopic (exact) mass is 373 g/mol. The molecule has 0 saturated carbocycles. The number of carbonyl (C=O) groups excluding carboxylic acids is 2. The third kappa shape index (κ3) is 3.93. The fraction of sp³-hybridized carbons (Fsp3) is 0.421. The van der Waals surface area contributed by atoms with E-state index in [1.165, 1.54) is 0 Å². The van der Waals surface area contributed by atoms with E-state index in [4.69, 9.17) is 4.52 Å². The molecule has 2 amide bonds. The van der Waals surface area contributed by atoms with E-state index in [2.05, 4.69) is 10.5 Å². The van der Waals surface area contributed by atoms with Gasteiger partial charge in [0.1, 0.15) is 5.76 Å². The number of aromatic nitrogens is 1. The van der Waals surface area contributed by atoms with Crippen molar-refractivity contribution in [3.8, 4) is 0 Å². The highest BCUT2D eigenvalue weighted by Crippen LogP contribution is 2.28. The van der Waals surface area contributed by atoms with Crippen LogP contribution in [0, 0.1) is 5.92 Å². The molecule has 1 aliphatic rings. The molecule has 1 fully saturated rings. The van der Waals surface area contributed by atoms with Crippen molar-refractivity contribution in [1.82, 2.24) is 5.16 Å². The van der Waals surface area contributed by atoms with Gasteiger partial charge < -0.3 is 14.7 Å². The molecule has 1 aliphatic heterocycles. The molecule has 6 nitrogen and oxygen atoms in total. The van der Waals surface area contributed by atoms with Gasteiger partial charge in [-0.25, -0.2) is 0 Å². The van der Waals surface area contributed by atoms with Gasteiger partial charge in [-0.3, -0.25) is 9.59 Å². The molecule has 1 aromatic heterocycles. The number of nitrogens with one attached hydrogen (secondary N) is 1. The van der Waals surface area contributed by atoms with Crippen LogP contribution in [0.4, 0.5) is 11.5 Å². The molecule has 0 radical (unpaired) electrons. The molecule has 138 valence electrons. The first-order valence-electron chi connectivity index (χ1n) is 8.50. The second-order valence-electron chi connectivity index (χ2n) is 7.42. The van der Waals surface area contributed by atoms with Crippen molar-refractivity contribution in [3.63, 3.8) is 0 Å². The van der Waals surface area contributed by atoms with E-state index >= 15 is 0 Å². The zero-order chi connectivity index (χ0) is 18.9. The molecule has 1 saturated heterocycles. The highest BCUT2D eigenvalue weighted by atomic mass is 32.2. The molecule has 1 unspecified atom stereocenters. The van der Waals surface area contributed by atoms with Gasteiger partial charge in [0.2, 0.25) is 11.8 Å². The minimum absolute atomic E-state index is 0.0439. The fourth-order valence-electron chi connectivity index (χ4n) is 2.81. The third-order valence-corrected chi connectivity index (χ3v) is 5.12. The molecule has 1 aromatic carbocycles. The van der Waals surface area contributed by atoms with Crippen LogP contribution in [0.2, 0.25) is 0 Å². The number of carbonyl (C=O) groups is 2. The van der Waals surface area contributed by atoms with Gasteiger partial charge in [0.25, 0.3) is 0 Å². The normalized spacial score (nSPS) is 17.6. The summed E-state index contributed by atoms with van der Waals surface area (Å²) in [6.45, 7) is 6.39. The number of nitrogens with zero attached hydrogens (tertiary/aromatic N) is 2. The fourth-order valence-corrected chi connectivity index (χ4v) is 3.22. The van der Waals surface area contributed by atoms with Crippen LogP contribution < -0.4 is 10.2 Å². The Labute approximate surface area is 157 Å². The summed E-state index contributed by atoms with van der Waals surface area (Å²) in [7, 11) is 0. The lowest BCUT2D eigenvalue weighted by Crippen LogP contribution is -2.28. The molecule has 3 rings (SSSR count). The van der Waals surface area contributed by atoms with Crippen molar-refractivity contribution in [2.75, 3.05) is 23.0 Å². The van der Waals surface area contributed by atoms with E-state index < -0.39 is 5.92 Å². The van der Waals surface area contributed by atoms with Gasteiger partial charge >= 0.3 is 0 Å². The van der Waals surface area contributed by atoms with Gasteiger partial charge in [-0.2, -0.15) is 0 Å². The van der Waals surface area contributed by atoms with E-state index in [-0.39, 0.29) is 23.7 Å². The lowest BCUT2D eigenvalue weighted by molar-refractivity contribution is -0.122. The van der Waals surface area contributed by atoms with Crippen molar-refractivity contribution in [2.24, 2.45) is 5.92 Å². The van der Waals surface area contributed by atoms with Crippen LogP contribution in [0.15, 0.2) is 39.8 Å². The van der Waals surface area contributed by atoms with Crippen molar-refractivity contribution >= 4 is 35.1 Å². The summed E-state index contributed by atoms with van der Waals surface area (Å²) in [5.74, 6) is 0.423. The molecular formula is C19H23N3O3S. The van der Waals surface area contributed by atoms with Crippen molar-refractivity contribution < 1.29 is 14.1 Å². The number of rotatable bonds is 4. The number of hydrogen-bond donors (Lipinski definition) is 1. The minimum Gasteiger partial charge on any atom is -0.359 e. The molecule has 2 heterocycles. The zero-order valence-corrected chi connectivity index (χ0v) is 16.2. The number of thioether (sulfide) groups is 1. The molecule has 2 aromatic rings. The van der Waals surface area contributed by atoms with Crippen LogP contribution in [-0.2, 0) is 15.0 Å².